The number of nitrogens with two attached hydrogens (primary N) is 1. The molecular weight excluding hydrogens is 416 g/mol. The zero-order valence-electron chi connectivity index (χ0n) is 13.3. The van der Waals surface area contributed by atoms with Crippen molar-refractivity contribution in [3.8, 4) is 0 Å². The Labute approximate surface area is 158 Å². The zero-order chi connectivity index (χ0) is 15.8. The molecule has 0 bridgehead atoms. The van der Waals surface area contributed by atoms with Crippen LogP contribution in [0.3, 0.4) is 0 Å². The van der Waals surface area contributed by atoms with E-state index in [1.807, 2.05) is 12.1 Å². The predicted octanol–water partition coefficient (Wildman–Crippen LogP) is 4.22. The van der Waals surface area contributed by atoms with Gasteiger partial charge >= 0.3 is 0 Å². The van der Waals surface area contributed by atoms with Crippen LogP contribution in [0.4, 0.5) is 10.1 Å². The highest BCUT2D eigenvalue weighted by Gasteiger charge is 2.38. The second-order valence-electron chi connectivity index (χ2n) is 6.44. The first-order valence-corrected chi connectivity index (χ1v) is 8.16. The molecule has 5 heteroatoms. The van der Waals surface area contributed by atoms with E-state index >= 15 is 0 Å². The molecule has 0 aliphatic heterocycles. The molecule has 0 unspecified atom stereocenters. The van der Waals surface area contributed by atoms with E-state index in [1.54, 1.807) is 0 Å². The van der Waals surface area contributed by atoms with Crippen molar-refractivity contribution in [1.82, 2.24) is 0 Å². The van der Waals surface area contributed by atoms with Gasteiger partial charge < -0.3 is 11.1 Å². The smallest absolute Gasteiger partial charge is 0.193 e. The SMILES string of the molecule is I.NC(=N[C@@H]1C[C@H]1c1ccc(F)cc1)Nc1ccc2c(c1)CCC2. The van der Waals surface area contributed by atoms with Crippen LogP contribution in [0.1, 0.15) is 35.4 Å². The van der Waals surface area contributed by atoms with Gasteiger partial charge in [0, 0.05) is 11.6 Å². The quantitative estimate of drug-likeness (QED) is 0.430. The summed E-state index contributed by atoms with van der Waals surface area (Å²) in [6, 6.07) is 13.3. The Morgan fingerprint density at radius 1 is 1.08 bits per heavy atom. The Bertz CT molecular complexity index is 758. The molecule has 0 heterocycles. The summed E-state index contributed by atoms with van der Waals surface area (Å²) in [5.74, 6) is 0.612. The fraction of sp³-hybridized carbons (Fsp3) is 0.316. The van der Waals surface area contributed by atoms with Crippen LogP contribution in [-0.2, 0) is 12.8 Å². The van der Waals surface area contributed by atoms with Crippen molar-refractivity contribution in [2.75, 3.05) is 5.32 Å². The minimum absolute atomic E-state index is 0. The van der Waals surface area contributed by atoms with Crippen LogP contribution in [0, 0.1) is 5.82 Å². The van der Waals surface area contributed by atoms with Crippen molar-refractivity contribution < 1.29 is 4.39 Å². The number of rotatable bonds is 3. The molecule has 2 aromatic carbocycles. The van der Waals surface area contributed by atoms with Gasteiger partial charge in [-0.3, -0.25) is 0 Å². The van der Waals surface area contributed by atoms with E-state index in [0.717, 1.165) is 24.1 Å². The maximum absolute atomic E-state index is 13.0. The highest BCUT2D eigenvalue weighted by atomic mass is 127. The van der Waals surface area contributed by atoms with Gasteiger partial charge in [0.25, 0.3) is 0 Å². The average Bonchev–Trinajstić information content (AvgIpc) is 3.13. The van der Waals surface area contributed by atoms with Crippen molar-refractivity contribution in [1.29, 1.82) is 0 Å². The van der Waals surface area contributed by atoms with E-state index < -0.39 is 0 Å². The second kappa shape index (κ2) is 7.09. The minimum atomic E-state index is -0.202. The summed E-state index contributed by atoms with van der Waals surface area (Å²) in [5.41, 5.74) is 11.0. The molecule has 24 heavy (non-hydrogen) atoms. The summed E-state index contributed by atoms with van der Waals surface area (Å²) in [4.78, 5) is 4.55. The molecule has 2 aromatic rings. The number of hydrogen-bond acceptors (Lipinski definition) is 1. The van der Waals surface area contributed by atoms with Crippen molar-refractivity contribution in [3.05, 3.63) is 65.0 Å². The number of nitrogens with one attached hydrogen (secondary N) is 1. The summed E-state index contributed by atoms with van der Waals surface area (Å²) in [5, 5.41) is 3.19. The number of aryl methyl sites for hydroxylation is 2. The van der Waals surface area contributed by atoms with Crippen molar-refractivity contribution in [2.45, 2.75) is 37.6 Å². The van der Waals surface area contributed by atoms with Crippen LogP contribution in [-0.4, -0.2) is 12.0 Å². The fourth-order valence-corrected chi connectivity index (χ4v) is 3.40. The minimum Gasteiger partial charge on any atom is -0.370 e. The predicted molar refractivity (Wildman–Crippen MR) is 107 cm³/mol. The maximum atomic E-state index is 13.0. The molecule has 2 atom stereocenters. The third-order valence-corrected chi connectivity index (χ3v) is 4.73. The molecule has 1 fully saturated rings. The van der Waals surface area contributed by atoms with E-state index in [0.29, 0.717) is 11.9 Å². The molecule has 2 aliphatic rings. The highest BCUT2D eigenvalue weighted by molar-refractivity contribution is 14.0. The summed E-state index contributed by atoms with van der Waals surface area (Å²) in [7, 11) is 0. The Hall–Kier alpha value is -1.63. The van der Waals surface area contributed by atoms with E-state index in [4.69, 9.17) is 5.73 Å². The summed E-state index contributed by atoms with van der Waals surface area (Å²) < 4.78 is 13.0. The third kappa shape index (κ3) is 3.71. The summed E-state index contributed by atoms with van der Waals surface area (Å²) in [6.45, 7) is 0. The van der Waals surface area contributed by atoms with E-state index in [-0.39, 0.29) is 35.8 Å². The van der Waals surface area contributed by atoms with Gasteiger partial charge in [0.15, 0.2) is 5.96 Å². The van der Waals surface area contributed by atoms with Gasteiger partial charge in [-0.2, -0.15) is 0 Å². The number of nitrogens with zero attached hydrogens (tertiary/aromatic N) is 1. The van der Waals surface area contributed by atoms with Gasteiger partial charge in [-0.15, -0.1) is 24.0 Å². The number of aliphatic imine (C=N–C) groups is 1. The van der Waals surface area contributed by atoms with Crippen molar-refractivity contribution >= 4 is 35.6 Å². The first kappa shape index (κ1) is 17.2. The van der Waals surface area contributed by atoms with Gasteiger partial charge in [-0.05, 0) is 66.6 Å². The standard InChI is InChI=1S/C19H20FN3.HI/c20-15-7-4-13(5-8-15)17-11-18(17)23-19(21)22-16-9-6-12-2-1-3-14(12)10-16;/h4-10,17-18H,1-3,11H2,(H3,21,22,23);1H/t17-,18+;/m0./s1. The monoisotopic (exact) mass is 437 g/mol. The average molecular weight is 437 g/mol. The molecular formula is C19H21FIN3. The number of fused-ring (bicyclic) bond motifs is 1. The van der Waals surface area contributed by atoms with Gasteiger partial charge in [0.2, 0.25) is 0 Å². The van der Waals surface area contributed by atoms with Crippen LogP contribution in [0.25, 0.3) is 0 Å². The lowest BCUT2D eigenvalue weighted by atomic mass is 10.1. The van der Waals surface area contributed by atoms with Crippen LogP contribution in [0.15, 0.2) is 47.5 Å². The van der Waals surface area contributed by atoms with Crippen molar-refractivity contribution in [3.63, 3.8) is 0 Å². The van der Waals surface area contributed by atoms with E-state index in [2.05, 4.69) is 28.5 Å². The van der Waals surface area contributed by atoms with Crippen LogP contribution in [0.2, 0.25) is 0 Å². The lowest BCUT2D eigenvalue weighted by molar-refractivity contribution is 0.627. The van der Waals surface area contributed by atoms with E-state index in [9.17, 15) is 4.39 Å². The molecule has 3 N–H and O–H groups in total. The van der Waals surface area contributed by atoms with Crippen LogP contribution in [0.5, 0.6) is 0 Å². The number of benzene rings is 2. The first-order chi connectivity index (χ1) is 11.2. The number of hydrogen-bond donors (Lipinski definition) is 2. The molecule has 0 saturated heterocycles. The van der Waals surface area contributed by atoms with Gasteiger partial charge in [-0.25, -0.2) is 9.38 Å². The lowest BCUT2D eigenvalue weighted by Crippen LogP contribution is -2.23. The summed E-state index contributed by atoms with van der Waals surface area (Å²) >= 11 is 0. The molecule has 0 spiro atoms. The number of anilines is 1. The highest BCUT2D eigenvalue weighted by Crippen LogP contribution is 2.43. The largest absolute Gasteiger partial charge is 0.370 e. The van der Waals surface area contributed by atoms with Crippen molar-refractivity contribution in [2.24, 2.45) is 10.7 Å². The fourth-order valence-electron chi connectivity index (χ4n) is 3.40. The lowest BCUT2D eigenvalue weighted by Gasteiger charge is -2.08. The number of guanidine groups is 1. The maximum Gasteiger partial charge on any atom is 0.193 e. The van der Waals surface area contributed by atoms with Crippen LogP contribution >= 0.6 is 24.0 Å². The molecule has 2 aliphatic carbocycles. The second-order valence-corrected chi connectivity index (χ2v) is 6.44. The van der Waals surface area contributed by atoms with E-state index in [1.165, 1.54) is 36.1 Å². The van der Waals surface area contributed by atoms with Gasteiger partial charge in [0.1, 0.15) is 5.82 Å². The van der Waals surface area contributed by atoms with Crippen LogP contribution < -0.4 is 11.1 Å². The zero-order valence-corrected chi connectivity index (χ0v) is 15.7. The van der Waals surface area contributed by atoms with Gasteiger partial charge in [-0.1, -0.05) is 18.2 Å². The Kier molecular flexibility index (Phi) is 5.08. The Morgan fingerprint density at radius 2 is 1.83 bits per heavy atom. The molecule has 1 saturated carbocycles. The molecule has 4 rings (SSSR count). The molecule has 3 nitrogen and oxygen atoms in total. The topological polar surface area (TPSA) is 50.4 Å². The Balaban J connectivity index is 0.00000169. The Morgan fingerprint density at radius 3 is 2.62 bits per heavy atom. The molecule has 0 amide bonds. The summed E-state index contributed by atoms with van der Waals surface area (Å²) in [6.07, 6.45) is 4.54. The third-order valence-electron chi connectivity index (χ3n) is 4.73. The molecule has 0 radical (unpaired) electrons. The molecule has 126 valence electrons. The normalized spacial score (nSPS) is 21.8. The van der Waals surface area contributed by atoms with Gasteiger partial charge in [0.05, 0.1) is 6.04 Å². The molecule has 0 aromatic heterocycles. The number of halogens is 2. The first-order valence-electron chi connectivity index (χ1n) is 8.16.